The lowest BCUT2D eigenvalue weighted by molar-refractivity contribution is 0.299. The molecule has 0 amide bonds. The van der Waals surface area contributed by atoms with Crippen LogP contribution in [0.3, 0.4) is 0 Å². The van der Waals surface area contributed by atoms with Crippen LogP contribution in [0.1, 0.15) is 18.9 Å². The molecule has 2 heteroatoms. The lowest BCUT2D eigenvalue weighted by Gasteiger charge is -1.93. The first-order valence-electron chi connectivity index (χ1n) is 4.86. The van der Waals surface area contributed by atoms with Crippen LogP contribution in [0.2, 0.25) is 0 Å². The van der Waals surface area contributed by atoms with Gasteiger partial charge in [0.2, 0.25) is 0 Å². The van der Waals surface area contributed by atoms with Gasteiger partial charge in [-0.25, -0.2) is 0 Å². The summed E-state index contributed by atoms with van der Waals surface area (Å²) < 4.78 is 1.32. The van der Waals surface area contributed by atoms with E-state index in [0.717, 1.165) is 12.8 Å². The van der Waals surface area contributed by atoms with Crippen LogP contribution >= 0.6 is 11.3 Å². The Hall–Kier alpha value is -0.860. The fourth-order valence-corrected chi connectivity index (χ4v) is 2.65. The third-order valence-corrected chi connectivity index (χ3v) is 3.48. The SMILES string of the molecule is CC1=CC=c2scc(CCO)c2=CC1. The highest BCUT2D eigenvalue weighted by Gasteiger charge is 2.01. The van der Waals surface area contributed by atoms with Crippen molar-refractivity contribution in [1.82, 2.24) is 0 Å². The van der Waals surface area contributed by atoms with Crippen LogP contribution in [0.15, 0.2) is 17.0 Å². The summed E-state index contributed by atoms with van der Waals surface area (Å²) in [6.45, 7) is 2.39. The predicted molar refractivity (Wildman–Crippen MR) is 61.7 cm³/mol. The molecule has 1 aromatic rings. The molecule has 0 fully saturated rings. The molecule has 1 N–H and O–H groups in total. The normalized spacial score (nSPS) is 14.9. The van der Waals surface area contributed by atoms with E-state index in [9.17, 15) is 0 Å². The molecular weight excluding hydrogens is 192 g/mol. The lowest BCUT2D eigenvalue weighted by atomic mass is 10.1. The van der Waals surface area contributed by atoms with Gasteiger partial charge in [0.15, 0.2) is 0 Å². The standard InChI is InChI=1S/C12H14OS/c1-9-2-4-11-10(6-7-13)8-14-12(11)5-3-9/h3-5,8,13H,2,6-7H2,1H3. The van der Waals surface area contributed by atoms with E-state index >= 15 is 0 Å². The van der Waals surface area contributed by atoms with Gasteiger partial charge in [-0.2, -0.15) is 0 Å². The molecule has 2 rings (SSSR count). The highest BCUT2D eigenvalue weighted by Crippen LogP contribution is 2.05. The Labute approximate surface area is 87.7 Å². The smallest absolute Gasteiger partial charge is 0.0471 e. The van der Waals surface area contributed by atoms with E-state index in [0.29, 0.717) is 0 Å². The highest BCUT2D eigenvalue weighted by atomic mass is 32.1. The number of allylic oxidation sites excluding steroid dienone is 2. The number of hydrogen-bond acceptors (Lipinski definition) is 2. The van der Waals surface area contributed by atoms with Gasteiger partial charge in [0.1, 0.15) is 0 Å². The van der Waals surface area contributed by atoms with Gasteiger partial charge in [-0.05, 0) is 42.0 Å². The Balaban J connectivity index is 2.53. The van der Waals surface area contributed by atoms with E-state index in [2.05, 4.69) is 30.5 Å². The number of aliphatic hydroxyl groups is 1. The van der Waals surface area contributed by atoms with E-state index in [1.807, 2.05) is 0 Å². The van der Waals surface area contributed by atoms with Crippen molar-refractivity contribution in [3.05, 3.63) is 32.3 Å². The van der Waals surface area contributed by atoms with Crippen molar-refractivity contribution in [1.29, 1.82) is 0 Å². The number of thiophene rings is 1. The van der Waals surface area contributed by atoms with Gasteiger partial charge < -0.3 is 5.11 Å². The Morgan fingerprint density at radius 2 is 2.29 bits per heavy atom. The minimum atomic E-state index is 0.240. The lowest BCUT2D eigenvalue weighted by Crippen LogP contribution is -2.21. The van der Waals surface area contributed by atoms with E-state index in [1.165, 1.54) is 20.9 Å². The zero-order valence-electron chi connectivity index (χ0n) is 8.29. The molecule has 0 bridgehead atoms. The minimum absolute atomic E-state index is 0.240. The molecule has 74 valence electrons. The Bertz CT molecular complexity index is 465. The maximum Gasteiger partial charge on any atom is 0.0471 e. The second-order valence-electron chi connectivity index (χ2n) is 3.60. The average molecular weight is 206 g/mol. The van der Waals surface area contributed by atoms with Gasteiger partial charge in [0.05, 0.1) is 0 Å². The molecule has 0 atom stereocenters. The maximum absolute atomic E-state index is 8.93. The second kappa shape index (κ2) is 4.11. The molecule has 0 aromatic carbocycles. The molecular formula is C12H14OS. The molecule has 1 aliphatic carbocycles. The summed E-state index contributed by atoms with van der Waals surface area (Å²) in [6.07, 6.45) is 8.43. The third kappa shape index (κ3) is 1.81. The fraction of sp³-hybridized carbons (Fsp3) is 0.333. The van der Waals surface area contributed by atoms with Gasteiger partial charge in [0.25, 0.3) is 0 Å². The van der Waals surface area contributed by atoms with Crippen LogP contribution in [0.25, 0.3) is 12.2 Å². The van der Waals surface area contributed by atoms with Crippen LogP contribution in [0.5, 0.6) is 0 Å². The summed E-state index contributed by atoms with van der Waals surface area (Å²) in [4.78, 5) is 0. The Kier molecular flexibility index (Phi) is 2.85. The molecule has 1 heterocycles. The van der Waals surface area contributed by atoms with E-state index in [-0.39, 0.29) is 6.61 Å². The molecule has 14 heavy (non-hydrogen) atoms. The summed E-state index contributed by atoms with van der Waals surface area (Å²) in [5.74, 6) is 0. The van der Waals surface area contributed by atoms with Gasteiger partial charge in [0, 0.05) is 11.1 Å². The highest BCUT2D eigenvalue weighted by molar-refractivity contribution is 7.07. The van der Waals surface area contributed by atoms with Crippen molar-refractivity contribution in [2.24, 2.45) is 0 Å². The topological polar surface area (TPSA) is 20.2 Å². The molecule has 1 aromatic heterocycles. The number of hydrogen-bond donors (Lipinski definition) is 1. The number of rotatable bonds is 2. The Morgan fingerprint density at radius 1 is 1.43 bits per heavy atom. The predicted octanol–water partition coefficient (Wildman–Crippen LogP) is 1.19. The summed E-state index contributed by atoms with van der Waals surface area (Å²) in [5, 5.41) is 12.4. The van der Waals surface area contributed by atoms with Crippen molar-refractivity contribution >= 4 is 23.5 Å². The second-order valence-corrected chi connectivity index (χ2v) is 4.51. The van der Waals surface area contributed by atoms with Crippen molar-refractivity contribution in [3.63, 3.8) is 0 Å². The largest absolute Gasteiger partial charge is 0.396 e. The summed E-state index contributed by atoms with van der Waals surface area (Å²) in [7, 11) is 0. The molecule has 0 saturated heterocycles. The molecule has 0 unspecified atom stereocenters. The zero-order valence-corrected chi connectivity index (χ0v) is 9.10. The van der Waals surface area contributed by atoms with Crippen molar-refractivity contribution < 1.29 is 5.11 Å². The maximum atomic E-state index is 8.93. The van der Waals surface area contributed by atoms with Crippen LogP contribution in [0.4, 0.5) is 0 Å². The first kappa shape index (κ1) is 9.69. The van der Waals surface area contributed by atoms with Crippen molar-refractivity contribution in [2.75, 3.05) is 6.61 Å². The number of fused-ring (bicyclic) bond motifs is 1. The van der Waals surface area contributed by atoms with E-state index in [4.69, 9.17) is 5.11 Å². The van der Waals surface area contributed by atoms with E-state index in [1.54, 1.807) is 11.3 Å². The van der Waals surface area contributed by atoms with Gasteiger partial charge in [-0.15, -0.1) is 11.3 Å². The van der Waals surface area contributed by atoms with E-state index < -0.39 is 0 Å². The first-order chi connectivity index (χ1) is 6.81. The number of aliphatic hydroxyl groups excluding tert-OH is 1. The van der Waals surface area contributed by atoms with Gasteiger partial charge >= 0.3 is 0 Å². The van der Waals surface area contributed by atoms with Crippen LogP contribution < -0.4 is 9.75 Å². The van der Waals surface area contributed by atoms with Crippen molar-refractivity contribution in [2.45, 2.75) is 19.8 Å². The molecule has 0 saturated carbocycles. The average Bonchev–Trinajstić information content (AvgIpc) is 2.45. The first-order valence-corrected chi connectivity index (χ1v) is 5.74. The fourth-order valence-electron chi connectivity index (χ4n) is 1.64. The van der Waals surface area contributed by atoms with Crippen LogP contribution in [0, 0.1) is 0 Å². The monoisotopic (exact) mass is 206 g/mol. The summed E-state index contributed by atoms with van der Waals surface area (Å²) in [5.41, 5.74) is 2.68. The van der Waals surface area contributed by atoms with Gasteiger partial charge in [-0.1, -0.05) is 17.7 Å². The third-order valence-electron chi connectivity index (χ3n) is 2.47. The molecule has 0 aliphatic heterocycles. The zero-order chi connectivity index (χ0) is 9.97. The molecule has 0 spiro atoms. The molecule has 1 nitrogen and oxygen atoms in total. The quantitative estimate of drug-likeness (QED) is 0.771. The van der Waals surface area contributed by atoms with Crippen LogP contribution in [-0.2, 0) is 6.42 Å². The van der Waals surface area contributed by atoms with Crippen LogP contribution in [-0.4, -0.2) is 11.7 Å². The Morgan fingerprint density at radius 3 is 3.07 bits per heavy atom. The summed E-state index contributed by atoms with van der Waals surface area (Å²) >= 11 is 1.76. The summed E-state index contributed by atoms with van der Waals surface area (Å²) in [6, 6.07) is 0. The molecule has 0 radical (unpaired) electrons. The minimum Gasteiger partial charge on any atom is -0.396 e. The van der Waals surface area contributed by atoms with Gasteiger partial charge in [-0.3, -0.25) is 0 Å². The van der Waals surface area contributed by atoms with Crippen molar-refractivity contribution in [3.8, 4) is 0 Å². The molecule has 1 aliphatic rings.